The molecular weight excluding hydrogens is 767 g/mol. The van der Waals surface area contributed by atoms with Crippen LogP contribution in [0.5, 0.6) is 0 Å². The fraction of sp³-hybridized carbons (Fsp3) is 0. The van der Waals surface area contributed by atoms with E-state index in [0.717, 1.165) is 105 Å². The smallest absolute Gasteiger partial charge is 0.160 e. The molecule has 0 spiro atoms. The quantitative estimate of drug-likeness (QED) is 0.151. The van der Waals surface area contributed by atoms with Crippen LogP contribution in [0.25, 0.3) is 122 Å². The summed E-state index contributed by atoms with van der Waals surface area (Å²) in [5.74, 6) is 0.676. The number of para-hydroxylation sites is 2. The van der Waals surface area contributed by atoms with Crippen molar-refractivity contribution in [2.45, 2.75) is 0 Å². The summed E-state index contributed by atoms with van der Waals surface area (Å²) < 4.78 is 6.62. The number of fused-ring (bicyclic) bond motifs is 6. The van der Waals surface area contributed by atoms with Crippen LogP contribution in [0, 0.1) is 0 Å². The summed E-state index contributed by atoms with van der Waals surface area (Å²) in [6.07, 6.45) is 0. The van der Waals surface area contributed by atoms with Crippen molar-refractivity contribution in [3.63, 3.8) is 0 Å². The first-order valence-electron chi connectivity index (χ1n) is 21.3. The Bertz CT molecular complexity index is 3650. The molecule has 0 unspecified atom stereocenters. The molecule has 3 aromatic heterocycles. The van der Waals surface area contributed by atoms with Gasteiger partial charge in [0.2, 0.25) is 0 Å². The van der Waals surface area contributed by atoms with Crippen molar-refractivity contribution < 1.29 is 4.42 Å². The van der Waals surface area contributed by atoms with Crippen molar-refractivity contribution in [2.24, 2.45) is 0 Å². The van der Waals surface area contributed by atoms with Gasteiger partial charge in [0, 0.05) is 54.7 Å². The van der Waals surface area contributed by atoms with Gasteiger partial charge in [0.15, 0.2) is 5.82 Å². The van der Waals surface area contributed by atoms with Crippen LogP contribution in [0.1, 0.15) is 0 Å². The number of rotatable bonds is 7. The molecular formula is C59H37N3O. The third-order valence-electron chi connectivity index (χ3n) is 12.1. The van der Waals surface area contributed by atoms with Crippen LogP contribution < -0.4 is 0 Å². The van der Waals surface area contributed by atoms with Crippen LogP contribution in [-0.4, -0.2) is 15.0 Å². The van der Waals surface area contributed by atoms with Gasteiger partial charge in [-0.2, -0.15) is 0 Å². The Morgan fingerprint density at radius 2 is 0.810 bits per heavy atom. The lowest BCUT2D eigenvalue weighted by atomic mass is 9.89. The molecule has 0 saturated carbocycles. The van der Waals surface area contributed by atoms with Gasteiger partial charge in [-0.1, -0.05) is 188 Å². The number of furan rings is 1. The normalized spacial score (nSPS) is 11.5. The molecule has 4 heteroatoms. The first kappa shape index (κ1) is 36.4. The molecule has 294 valence electrons. The molecule has 0 bridgehead atoms. The minimum atomic E-state index is 0.676. The third-order valence-corrected chi connectivity index (χ3v) is 12.1. The van der Waals surface area contributed by atoms with Crippen molar-refractivity contribution in [1.82, 2.24) is 15.0 Å². The van der Waals surface area contributed by atoms with E-state index < -0.39 is 0 Å². The van der Waals surface area contributed by atoms with Gasteiger partial charge in [0.05, 0.1) is 22.6 Å². The summed E-state index contributed by atoms with van der Waals surface area (Å²) in [4.78, 5) is 15.7. The monoisotopic (exact) mass is 803 g/mol. The summed E-state index contributed by atoms with van der Waals surface area (Å²) >= 11 is 0. The summed E-state index contributed by atoms with van der Waals surface area (Å²) in [6.45, 7) is 0. The lowest BCUT2D eigenvalue weighted by molar-refractivity contribution is 0.669. The summed E-state index contributed by atoms with van der Waals surface area (Å²) in [5.41, 5.74) is 16.2. The highest BCUT2D eigenvalue weighted by Gasteiger charge is 2.22. The van der Waals surface area contributed by atoms with Crippen LogP contribution in [0.4, 0.5) is 0 Å². The van der Waals surface area contributed by atoms with E-state index >= 15 is 0 Å². The van der Waals surface area contributed by atoms with E-state index in [2.05, 4.69) is 194 Å². The Labute approximate surface area is 364 Å². The van der Waals surface area contributed by atoms with E-state index in [-0.39, 0.29) is 0 Å². The number of nitrogens with zero attached hydrogens (tertiary/aromatic N) is 3. The Hall–Kier alpha value is -8.47. The zero-order chi connectivity index (χ0) is 41.7. The highest BCUT2D eigenvalue weighted by Crippen LogP contribution is 2.46. The van der Waals surface area contributed by atoms with Crippen molar-refractivity contribution in [2.75, 3.05) is 0 Å². The van der Waals surface area contributed by atoms with Gasteiger partial charge < -0.3 is 4.42 Å². The molecule has 3 heterocycles. The second kappa shape index (κ2) is 15.2. The number of hydrogen-bond donors (Lipinski definition) is 0. The van der Waals surface area contributed by atoms with E-state index in [0.29, 0.717) is 5.82 Å². The Kier molecular flexibility index (Phi) is 8.79. The zero-order valence-corrected chi connectivity index (χ0v) is 34.1. The topological polar surface area (TPSA) is 51.8 Å². The van der Waals surface area contributed by atoms with Gasteiger partial charge in [-0.3, -0.25) is 0 Å². The number of aromatic nitrogens is 3. The van der Waals surface area contributed by atoms with Gasteiger partial charge in [0.1, 0.15) is 11.2 Å². The van der Waals surface area contributed by atoms with E-state index in [9.17, 15) is 0 Å². The molecule has 0 amide bonds. The lowest BCUT2D eigenvalue weighted by Crippen LogP contribution is -1.96. The number of hydrogen-bond acceptors (Lipinski definition) is 4. The van der Waals surface area contributed by atoms with Crippen molar-refractivity contribution >= 4 is 43.6 Å². The second-order valence-corrected chi connectivity index (χ2v) is 15.9. The fourth-order valence-electron chi connectivity index (χ4n) is 9.06. The maximum Gasteiger partial charge on any atom is 0.160 e. The zero-order valence-electron chi connectivity index (χ0n) is 34.1. The molecule has 0 aliphatic heterocycles. The molecule has 0 saturated heterocycles. The Morgan fingerprint density at radius 3 is 1.54 bits per heavy atom. The van der Waals surface area contributed by atoms with E-state index in [1.54, 1.807) is 0 Å². The summed E-state index contributed by atoms with van der Waals surface area (Å²) in [6, 6.07) is 78.5. The summed E-state index contributed by atoms with van der Waals surface area (Å²) in [5, 5.41) is 5.55. The van der Waals surface area contributed by atoms with Crippen LogP contribution in [0.15, 0.2) is 229 Å². The van der Waals surface area contributed by atoms with Crippen LogP contribution in [0.3, 0.4) is 0 Å². The average Bonchev–Trinajstić information content (AvgIpc) is 3.74. The molecule has 0 fully saturated rings. The predicted octanol–water partition coefficient (Wildman–Crippen LogP) is 15.7. The molecule has 0 atom stereocenters. The largest absolute Gasteiger partial charge is 0.456 e. The first-order chi connectivity index (χ1) is 31.2. The molecule has 0 radical (unpaired) electrons. The van der Waals surface area contributed by atoms with Crippen LogP contribution in [-0.2, 0) is 0 Å². The minimum absolute atomic E-state index is 0.676. The fourth-order valence-corrected chi connectivity index (χ4v) is 9.06. The SMILES string of the molecule is c1ccc(-c2cccc(-c3cc(-c4ccccc4)nc(-c4ccc(-c5cccc(-c6nc7ccccc7c7c(-c8ccccc8)c8c(cc67)oc6ccccc68)c5)cc4)n3)c2)cc1. The van der Waals surface area contributed by atoms with Gasteiger partial charge in [0.25, 0.3) is 0 Å². The van der Waals surface area contributed by atoms with Crippen LogP contribution >= 0.6 is 0 Å². The maximum absolute atomic E-state index is 6.62. The van der Waals surface area contributed by atoms with E-state index in [4.69, 9.17) is 19.4 Å². The molecule has 0 aliphatic rings. The van der Waals surface area contributed by atoms with Gasteiger partial charge in [-0.15, -0.1) is 0 Å². The molecule has 0 N–H and O–H groups in total. The van der Waals surface area contributed by atoms with E-state index in [1.807, 2.05) is 30.3 Å². The number of benzene rings is 9. The van der Waals surface area contributed by atoms with Gasteiger partial charge >= 0.3 is 0 Å². The lowest BCUT2D eigenvalue weighted by Gasteiger charge is -2.16. The first-order valence-corrected chi connectivity index (χ1v) is 21.3. The molecule has 4 nitrogen and oxygen atoms in total. The molecule has 12 rings (SSSR count). The molecule has 9 aromatic carbocycles. The Morgan fingerprint density at radius 1 is 0.286 bits per heavy atom. The second-order valence-electron chi connectivity index (χ2n) is 15.9. The molecule has 0 aliphatic carbocycles. The van der Waals surface area contributed by atoms with Gasteiger partial charge in [-0.25, -0.2) is 15.0 Å². The third kappa shape index (κ3) is 6.53. The minimum Gasteiger partial charge on any atom is -0.456 e. The van der Waals surface area contributed by atoms with Crippen molar-refractivity contribution in [3.8, 4) is 78.5 Å². The number of pyridine rings is 1. The van der Waals surface area contributed by atoms with Gasteiger partial charge in [-0.05, 0) is 64.2 Å². The predicted molar refractivity (Wildman–Crippen MR) is 260 cm³/mol. The Balaban J connectivity index is 0.976. The summed E-state index contributed by atoms with van der Waals surface area (Å²) in [7, 11) is 0. The average molecular weight is 804 g/mol. The van der Waals surface area contributed by atoms with E-state index in [1.165, 1.54) is 10.9 Å². The highest BCUT2D eigenvalue weighted by atomic mass is 16.3. The van der Waals surface area contributed by atoms with Crippen LogP contribution in [0.2, 0.25) is 0 Å². The highest BCUT2D eigenvalue weighted by molar-refractivity contribution is 6.27. The van der Waals surface area contributed by atoms with Crippen molar-refractivity contribution in [1.29, 1.82) is 0 Å². The maximum atomic E-state index is 6.62. The molecule has 12 aromatic rings. The molecule has 63 heavy (non-hydrogen) atoms. The van der Waals surface area contributed by atoms with Crippen molar-refractivity contribution in [3.05, 3.63) is 224 Å². The standard InChI is InChI=1S/C59H37N3O/c1-4-16-38(17-5-1)43-22-14-24-45(34-43)52-37-51(40-18-6-2-7-19-40)61-59(62-52)42-32-30-39(31-33-42)44-23-15-25-46(35-44)58-49-36-54-57(48-27-11-13-29-53(48)63-54)55(41-20-8-3-9-21-41)56(49)47-26-10-12-28-50(47)60-58/h1-37H.